The molecule has 0 bridgehead atoms. The number of hydrogen-bond acceptors (Lipinski definition) is 3. The van der Waals surface area contributed by atoms with Crippen LogP contribution >= 0.6 is 11.6 Å². The van der Waals surface area contributed by atoms with Crippen LogP contribution in [0.15, 0.2) is 27.5 Å². The Kier molecular flexibility index (Phi) is 4.31. The molecule has 128 valence electrons. The number of nitrogens with one attached hydrogen (secondary N) is 1. The molecular formula is C15H13ClF2N2O4. The summed E-state index contributed by atoms with van der Waals surface area (Å²) in [4.78, 5) is 23.8. The molecule has 6 nitrogen and oxygen atoms in total. The van der Waals surface area contributed by atoms with Crippen LogP contribution in [0.5, 0.6) is 0 Å². The summed E-state index contributed by atoms with van der Waals surface area (Å²) in [5.74, 6) is -1.75. The minimum atomic E-state index is -1.19. The molecule has 1 aliphatic heterocycles. The summed E-state index contributed by atoms with van der Waals surface area (Å²) in [6.45, 7) is 0.144. The monoisotopic (exact) mass is 358 g/mol. The van der Waals surface area contributed by atoms with Gasteiger partial charge in [0.05, 0.1) is 6.04 Å². The molecule has 1 aromatic heterocycles. The maximum Gasteiger partial charge on any atom is 0.407 e. The largest absolute Gasteiger partial charge is 0.465 e. The predicted molar refractivity (Wildman–Crippen MR) is 80.1 cm³/mol. The molecule has 24 heavy (non-hydrogen) atoms. The molecule has 9 heteroatoms. The number of amides is 1. The zero-order valence-electron chi connectivity index (χ0n) is 12.3. The number of benzene rings is 1. The Labute approximate surface area is 139 Å². The van der Waals surface area contributed by atoms with Crippen LogP contribution in [0.3, 0.4) is 0 Å². The first-order valence-electron chi connectivity index (χ1n) is 7.19. The number of rotatable bonds is 2. The van der Waals surface area contributed by atoms with Crippen molar-refractivity contribution in [3.05, 3.63) is 56.5 Å². The number of aromatic nitrogens is 1. The second-order valence-electron chi connectivity index (χ2n) is 5.63. The van der Waals surface area contributed by atoms with E-state index in [9.17, 15) is 23.5 Å². The van der Waals surface area contributed by atoms with Gasteiger partial charge in [-0.05, 0) is 30.5 Å². The highest BCUT2D eigenvalue weighted by atomic mass is 35.5. The molecule has 1 amide bonds. The lowest BCUT2D eigenvalue weighted by molar-refractivity contribution is 0.0965. The maximum atomic E-state index is 13.7. The summed E-state index contributed by atoms with van der Waals surface area (Å²) in [6, 6.07) is 2.58. The van der Waals surface area contributed by atoms with E-state index in [0.29, 0.717) is 12.2 Å². The van der Waals surface area contributed by atoms with Crippen LogP contribution in [0.4, 0.5) is 13.6 Å². The van der Waals surface area contributed by atoms with Crippen molar-refractivity contribution in [3.8, 4) is 0 Å². The molecule has 2 aromatic rings. The van der Waals surface area contributed by atoms with Gasteiger partial charge in [0.25, 0.3) is 5.56 Å². The third kappa shape index (κ3) is 3.01. The second-order valence-corrected chi connectivity index (χ2v) is 6.00. The van der Waals surface area contributed by atoms with Crippen LogP contribution in [-0.2, 0) is 0 Å². The third-order valence-corrected chi connectivity index (χ3v) is 4.55. The van der Waals surface area contributed by atoms with Crippen molar-refractivity contribution in [1.29, 1.82) is 0 Å². The van der Waals surface area contributed by atoms with Gasteiger partial charge in [0.2, 0.25) is 0 Å². The first-order valence-corrected chi connectivity index (χ1v) is 7.57. The highest BCUT2D eigenvalue weighted by Gasteiger charge is 2.35. The Balaban J connectivity index is 1.96. The molecule has 2 N–H and O–H groups in total. The van der Waals surface area contributed by atoms with E-state index in [1.807, 2.05) is 0 Å². The van der Waals surface area contributed by atoms with Gasteiger partial charge in [0.15, 0.2) is 0 Å². The number of carboxylic acid groups (broad SMARTS) is 1. The molecule has 2 heterocycles. The van der Waals surface area contributed by atoms with E-state index in [0.717, 1.165) is 17.0 Å². The van der Waals surface area contributed by atoms with Crippen molar-refractivity contribution in [2.45, 2.75) is 24.8 Å². The van der Waals surface area contributed by atoms with E-state index in [-0.39, 0.29) is 24.4 Å². The number of H-pyrrole nitrogens is 1. The van der Waals surface area contributed by atoms with Crippen molar-refractivity contribution >= 4 is 17.7 Å². The number of likely N-dealkylation sites (tertiary alicyclic amines) is 1. The molecule has 0 radical (unpaired) electrons. The maximum absolute atomic E-state index is 13.7. The zero-order valence-corrected chi connectivity index (χ0v) is 13.0. The molecule has 3 rings (SSSR count). The van der Waals surface area contributed by atoms with Gasteiger partial charge in [-0.15, -0.1) is 0 Å². The summed E-state index contributed by atoms with van der Waals surface area (Å²) >= 11 is 5.48. The smallest absolute Gasteiger partial charge is 0.407 e. The Hall–Kier alpha value is -2.35. The van der Waals surface area contributed by atoms with Crippen LogP contribution in [0, 0.1) is 11.6 Å². The highest BCUT2D eigenvalue weighted by Crippen LogP contribution is 2.40. The number of piperidine rings is 1. The Morgan fingerprint density at radius 2 is 2.00 bits per heavy atom. The van der Waals surface area contributed by atoms with Crippen molar-refractivity contribution in [3.63, 3.8) is 0 Å². The van der Waals surface area contributed by atoms with Crippen LogP contribution < -0.4 is 5.56 Å². The van der Waals surface area contributed by atoms with Gasteiger partial charge in [-0.3, -0.25) is 4.79 Å². The van der Waals surface area contributed by atoms with E-state index < -0.39 is 34.4 Å². The lowest BCUT2D eigenvalue weighted by Crippen LogP contribution is -2.39. The number of halogens is 3. The van der Waals surface area contributed by atoms with Crippen molar-refractivity contribution in [1.82, 2.24) is 10.1 Å². The summed E-state index contributed by atoms with van der Waals surface area (Å²) in [7, 11) is 0. The Bertz CT molecular complexity index is 812. The molecule has 2 atom stereocenters. The van der Waals surface area contributed by atoms with Crippen molar-refractivity contribution in [2.24, 2.45) is 0 Å². The van der Waals surface area contributed by atoms with Gasteiger partial charge in [0.1, 0.15) is 22.4 Å². The molecule has 1 aromatic carbocycles. The van der Waals surface area contributed by atoms with E-state index >= 15 is 0 Å². The van der Waals surface area contributed by atoms with E-state index in [1.54, 1.807) is 0 Å². The SMILES string of the molecule is O=C(O)N1CCC(c2cc(=O)[nH]o2)CC1c1cc(F)c(Cl)c(F)c1. The van der Waals surface area contributed by atoms with Crippen LogP contribution in [0.2, 0.25) is 5.02 Å². The third-order valence-electron chi connectivity index (χ3n) is 4.18. The fraction of sp³-hybridized carbons (Fsp3) is 0.333. The number of nitrogens with zero attached hydrogens (tertiary/aromatic N) is 1. The van der Waals surface area contributed by atoms with Crippen molar-refractivity contribution < 1.29 is 23.2 Å². The Morgan fingerprint density at radius 1 is 1.33 bits per heavy atom. The quantitative estimate of drug-likeness (QED) is 0.804. The average Bonchev–Trinajstić information content (AvgIpc) is 2.98. The number of aromatic amines is 1. The number of hydrogen-bond donors (Lipinski definition) is 2. The summed E-state index contributed by atoms with van der Waals surface area (Å²) in [5.41, 5.74) is -0.231. The molecule has 1 saturated heterocycles. The van der Waals surface area contributed by atoms with Gasteiger partial charge in [-0.2, -0.15) is 5.16 Å². The van der Waals surface area contributed by atoms with Gasteiger partial charge < -0.3 is 14.5 Å². The van der Waals surface area contributed by atoms with Gasteiger partial charge in [-0.1, -0.05) is 11.6 Å². The van der Waals surface area contributed by atoms with E-state index in [2.05, 4.69) is 5.16 Å². The fourth-order valence-electron chi connectivity index (χ4n) is 3.03. The Morgan fingerprint density at radius 3 is 2.54 bits per heavy atom. The van der Waals surface area contributed by atoms with E-state index in [1.165, 1.54) is 6.07 Å². The summed E-state index contributed by atoms with van der Waals surface area (Å²) < 4.78 is 32.6. The molecule has 0 spiro atoms. The highest BCUT2D eigenvalue weighted by molar-refractivity contribution is 6.30. The van der Waals surface area contributed by atoms with Gasteiger partial charge >= 0.3 is 6.09 Å². The normalized spacial score (nSPS) is 21.0. The first kappa shape index (κ1) is 16.5. The van der Waals surface area contributed by atoms with Gasteiger partial charge in [-0.25, -0.2) is 13.6 Å². The standard InChI is InChI=1S/C15H13ClF2N2O4/c16-14-9(17)3-8(4-10(14)18)11-5-7(1-2-20(11)15(22)23)12-6-13(21)19-24-12/h3-4,6-7,11H,1-2,5H2,(H,19,21)(H,22,23). The first-order chi connectivity index (χ1) is 11.4. The minimum Gasteiger partial charge on any atom is -0.465 e. The molecule has 1 fully saturated rings. The average molecular weight is 359 g/mol. The lowest BCUT2D eigenvalue weighted by atomic mass is 9.86. The molecule has 1 aliphatic rings. The molecule has 0 aliphatic carbocycles. The predicted octanol–water partition coefficient (Wildman–Crippen LogP) is 3.50. The van der Waals surface area contributed by atoms with Crippen LogP contribution in [-0.4, -0.2) is 27.8 Å². The number of carbonyl (C=O) groups is 1. The lowest BCUT2D eigenvalue weighted by Gasteiger charge is -2.37. The van der Waals surface area contributed by atoms with Crippen LogP contribution in [0.1, 0.15) is 36.1 Å². The molecule has 0 saturated carbocycles. The second kappa shape index (κ2) is 6.27. The summed E-state index contributed by atoms with van der Waals surface area (Å²) in [5, 5.41) is 10.9. The molecular weight excluding hydrogens is 346 g/mol. The minimum absolute atomic E-state index is 0.144. The molecule has 2 unspecified atom stereocenters. The van der Waals surface area contributed by atoms with Crippen molar-refractivity contribution in [2.75, 3.05) is 6.54 Å². The zero-order chi connectivity index (χ0) is 17.4. The topological polar surface area (TPSA) is 86.5 Å². The van der Waals surface area contributed by atoms with Gasteiger partial charge in [0, 0.05) is 18.5 Å². The van der Waals surface area contributed by atoms with E-state index in [4.69, 9.17) is 16.1 Å². The van der Waals surface area contributed by atoms with Crippen LogP contribution in [0.25, 0.3) is 0 Å². The summed E-state index contributed by atoms with van der Waals surface area (Å²) in [6.07, 6.45) is -0.528. The fourth-order valence-corrected chi connectivity index (χ4v) is 3.14.